The molecule has 0 saturated heterocycles. The molecule has 118 valence electrons. The molecule has 1 N–H and O–H groups in total. The maximum absolute atomic E-state index is 4.72. The number of nitrogens with zero attached hydrogens (tertiary/aromatic N) is 4. The van der Waals surface area contributed by atoms with Crippen LogP contribution in [-0.4, -0.2) is 20.2 Å². The summed E-state index contributed by atoms with van der Waals surface area (Å²) in [4.78, 5) is 9.29. The van der Waals surface area contributed by atoms with Crippen LogP contribution in [0.5, 0.6) is 0 Å². The molecule has 5 aromatic rings. The lowest BCUT2D eigenvalue weighted by molar-refractivity contribution is 1.04. The van der Waals surface area contributed by atoms with E-state index in [4.69, 9.17) is 4.98 Å². The highest BCUT2D eigenvalue weighted by atomic mass is 15.2. The minimum absolute atomic E-state index is 0.471. The number of rotatable bonds is 2. The highest BCUT2D eigenvalue weighted by Gasteiger charge is 2.12. The molecular weight excluding hydrogens is 310 g/mol. The van der Waals surface area contributed by atoms with Crippen molar-refractivity contribution < 1.29 is 0 Å². The Morgan fingerprint density at radius 3 is 2.16 bits per heavy atom. The van der Waals surface area contributed by atoms with E-state index < -0.39 is 0 Å². The summed E-state index contributed by atoms with van der Waals surface area (Å²) in [5, 5.41) is 15.0. The molecule has 0 atom stereocenters. The molecule has 0 saturated carbocycles. The minimum atomic E-state index is 0.471. The molecule has 0 radical (unpaired) electrons. The minimum Gasteiger partial charge on any atom is -0.323 e. The zero-order valence-electron chi connectivity index (χ0n) is 13.2. The lowest BCUT2D eigenvalue weighted by Gasteiger charge is -2.09. The molecule has 0 aliphatic heterocycles. The third-order valence-electron chi connectivity index (χ3n) is 4.22. The van der Waals surface area contributed by atoms with E-state index in [9.17, 15) is 0 Å². The van der Waals surface area contributed by atoms with Gasteiger partial charge < -0.3 is 5.32 Å². The smallest absolute Gasteiger partial charge is 0.247 e. The summed E-state index contributed by atoms with van der Waals surface area (Å²) in [7, 11) is 0. The number of aromatic nitrogens is 4. The number of benzene rings is 3. The number of hydrogen-bond acceptors (Lipinski definition) is 5. The lowest BCUT2D eigenvalue weighted by atomic mass is 10.0. The van der Waals surface area contributed by atoms with Crippen molar-refractivity contribution in [3.8, 4) is 0 Å². The number of nitrogens with one attached hydrogen (secondary N) is 1. The van der Waals surface area contributed by atoms with Crippen LogP contribution >= 0.6 is 0 Å². The van der Waals surface area contributed by atoms with Gasteiger partial charge in [-0.3, -0.25) is 4.98 Å². The summed E-state index contributed by atoms with van der Waals surface area (Å²) in [5.41, 5.74) is 3.44. The van der Waals surface area contributed by atoms with Gasteiger partial charge in [0.1, 0.15) is 11.0 Å². The van der Waals surface area contributed by atoms with Crippen molar-refractivity contribution in [3.05, 3.63) is 72.9 Å². The van der Waals surface area contributed by atoms with Crippen LogP contribution in [0.3, 0.4) is 0 Å². The first kappa shape index (κ1) is 13.8. The van der Waals surface area contributed by atoms with Crippen molar-refractivity contribution >= 4 is 44.3 Å². The van der Waals surface area contributed by atoms with E-state index in [1.54, 1.807) is 6.20 Å². The molecule has 3 aromatic carbocycles. The van der Waals surface area contributed by atoms with Crippen LogP contribution in [0.25, 0.3) is 32.7 Å². The molecule has 2 aromatic heterocycles. The van der Waals surface area contributed by atoms with Crippen LogP contribution in [0.4, 0.5) is 11.6 Å². The zero-order chi connectivity index (χ0) is 16.6. The van der Waals surface area contributed by atoms with Crippen LogP contribution in [-0.2, 0) is 0 Å². The molecule has 0 aliphatic carbocycles. The van der Waals surface area contributed by atoms with Crippen LogP contribution in [0.15, 0.2) is 72.9 Å². The van der Waals surface area contributed by atoms with Gasteiger partial charge in [-0.25, -0.2) is 4.98 Å². The van der Waals surface area contributed by atoms with Crippen LogP contribution in [0, 0.1) is 0 Å². The Bertz CT molecular complexity index is 1180. The Morgan fingerprint density at radius 2 is 1.32 bits per heavy atom. The fourth-order valence-electron chi connectivity index (χ4n) is 3.11. The third kappa shape index (κ3) is 2.25. The maximum Gasteiger partial charge on any atom is 0.247 e. The summed E-state index contributed by atoms with van der Waals surface area (Å²) in [5.74, 6) is 0.471. The normalized spacial score (nSPS) is 11.2. The fourth-order valence-corrected chi connectivity index (χ4v) is 3.11. The van der Waals surface area contributed by atoms with Gasteiger partial charge in [-0.2, -0.15) is 0 Å². The van der Waals surface area contributed by atoms with Gasteiger partial charge in [-0.05, 0) is 24.3 Å². The average molecular weight is 323 g/mol. The van der Waals surface area contributed by atoms with Crippen molar-refractivity contribution in [2.75, 3.05) is 5.32 Å². The van der Waals surface area contributed by atoms with Crippen LogP contribution in [0.1, 0.15) is 0 Å². The topological polar surface area (TPSA) is 63.6 Å². The summed E-state index contributed by atoms with van der Waals surface area (Å²) >= 11 is 0. The van der Waals surface area contributed by atoms with E-state index in [-0.39, 0.29) is 0 Å². The predicted molar refractivity (Wildman–Crippen MR) is 99.9 cm³/mol. The Labute approximate surface area is 143 Å². The van der Waals surface area contributed by atoms with E-state index >= 15 is 0 Å². The third-order valence-corrected chi connectivity index (χ3v) is 4.22. The Hall–Kier alpha value is -3.60. The van der Waals surface area contributed by atoms with Gasteiger partial charge in [0.2, 0.25) is 5.95 Å². The van der Waals surface area contributed by atoms with E-state index in [0.29, 0.717) is 5.95 Å². The zero-order valence-corrected chi connectivity index (χ0v) is 13.2. The first-order valence-electron chi connectivity index (χ1n) is 8.02. The molecule has 0 bridgehead atoms. The molecule has 0 unspecified atom stereocenters. The Balaban J connectivity index is 1.81. The monoisotopic (exact) mass is 323 g/mol. The van der Waals surface area contributed by atoms with Crippen molar-refractivity contribution in [1.29, 1.82) is 0 Å². The number of anilines is 2. The van der Waals surface area contributed by atoms with Crippen LogP contribution < -0.4 is 5.32 Å². The first-order chi connectivity index (χ1) is 12.4. The van der Waals surface area contributed by atoms with Crippen molar-refractivity contribution in [3.63, 3.8) is 0 Å². The molecule has 0 amide bonds. The molecule has 25 heavy (non-hydrogen) atoms. The van der Waals surface area contributed by atoms with E-state index in [1.807, 2.05) is 60.7 Å². The van der Waals surface area contributed by atoms with Crippen LogP contribution in [0.2, 0.25) is 0 Å². The number of hydrogen-bond donors (Lipinski definition) is 1. The van der Waals surface area contributed by atoms with Gasteiger partial charge in [0.05, 0.1) is 5.52 Å². The molecule has 5 heteroatoms. The predicted octanol–water partition coefficient (Wildman–Crippen LogP) is 4.47. The first-order valence-corrected chi connectivity index (χ1v) is 8.02. The molecular formula is C20H13N5. The maximum atomic E-state index is 4.72. The highest BCUT2D eigenvalue weighted by molar-refractivity contribution is 6.21. The molecule has 5 rings (SSSR count). The van der Waals surface area contributed by atoms with E-state index in [2.05, 4.69) is 26.6 Å². The van der Waals surface area contributed by atoms with Gasteiger partial charge in [0.25, 0.3) is 0 Å². The average Bonchev–Trinajstić information content (AvgIpc) is 2.69. The Kier molecular flexibility index (Phi) is 3.03. The SMILES string of the molecule is c1ccc(Nc2nnc3c4ccccc4c4ncccc4c3n2)cc1. The summed E-state index contributed by atoms with van der Waals surface area (Å²) in [6, 6.07) is 21.9. The van der Waals surface area contributed by atoms with Gasteiger partial charge in [0, 0.05) is 28.0 Å². The van der Waals surface area contributed by atoms with Crippen molar-refractivity contribution in [2.45, 2.75) is 0 Å². The molecule has 0 aliphatic rings. The van der Waals surface area contributed by atoms with Crippen molar-refractivity contribution in [1.82, 2.24) is 20.2 Å². The fraction of sp³-hybridized carbons (Fsp3) is 0. The van der Waals surface area contributed by atoms with E-state index in [0.717, 1.165) is 38.4 Å². The summed E-state index contributed by atoms with van der Waals surface area (Å²) in [6.07, 6.45) is 1.80. The highest BCUT2D eigenvalue weighted by Crippen LogP contribution is 2.31. The van der Waals surface area contributed by atoms with Gasteiger partial charge in [0.15, 0.2) is 0 Å². The van der Waals surface area contributed by atoms with Gasteiger partial charge >= 0.3 is 0 Å². The van der Waals surface area contributed by atoms with Gasteiger partial charge in [-0.1, -0.05) is 42.5 Å². The Morgan fingerprint density at radius 1 is 0.600 bits per heavy atom. The second-order valence-corrected chi connectivity index (χ2v) is 5.77. The molecule has 2 heterocycles. The molecule has 5 nitrogen and oxygen atoms in total. The van der Waals surface area contributed by atoms with E-state index in [1.165, 1.54) is 0 Å². The summed E-state index contributed by atoms with van der Waals surface area (Å²) < 4.78 is 0. The second kappa shape index (κ2) is 5.49. The van der Waals surface area contributed by atoms with Gasteiger partial charge in [-0.15, -0.1) is 10.2 Å². The number of para-hydroxylation sites is 1. The van der Waals surface area contributed by atoms with Crippen molar-refractivity contribution in [2.24, 2.45) is 0 Å². The summed E-state index contributed by atoms with van der Waals surface area (Å²) in [6.45, 7) is 0. The quantitative estimate of drug-likeness (QED) is 0.486. The largest absolute Gasteiger partial charge is 0.323 e. The number of fused-ring (bicyclic) bond motifs is 6. The standard InChI is InChI=1S/C20H13N5/c1-2-7-13(8-3-1)22-20-23-18-16-11-6-12-21-17(16)14-9-4-5-10-15(14)19(18)24-25-20/h1-12H,(H,22,23,25). The number of pyridine rings is 1. The second-order valence-electron chi connectivity index (χ2n) is 5.77. The molecule has 0 spiro atoms. The molecule has 0 fully saturated rings. The lowest BCUT2D eigenvalue weighted by Crippen LogP contribution is -2.00.